The number of alkyl halides is 1. The van der Waals surface area contributed by atoms with Crippen LogP contribution in [0, 0.1) is 11.3 Å². The number of halogens is 1. The van der Waals surface area contributed by atoms with Crippen LogP contribution in [0.1, 0.15) is 12.0 Å². The van der Waals surface area contributed by atoms with Crippen molar-refractivity contribution in [1.29, 1.82) is 5.26 Å². The van der Waals surface area contributed by atoms with Crippen LogP contribution in [-0.2, 0) is 0 Å². The van der Waals surface area contributed by atoms with Gasteiger partial charge in [0.05, 0.1) is 18.9 Å². The molecule has 146 valence electrons. The van der Waals surface area contributed by atoms with Crippen LogP contribution in [0.4, 0.5) is 10.1 Å². The number of ether oxygens (including phenoxy) is 2. The Kier molecular flexibility index (Phi) is 7.25. The van der Waals surface area contributed by atoms with Gasteiger partial charge < -0.3 is 14.8 Å². The minimum Gasteiger partial charge on any atom is -0.493 e. The molecule has 0 aromatic heterocycles. The van der Waals surface area contributed by atoms with E-state index < -0.39 is 6.67 Å². The standard InChI is InChI=1S/C24H21FN2O2/c25-15-4-16-28-22-11-7-19(8-12-22)20(17-26)18-27-21-9-13-24(14-10-21)29-23-5-2-1-3-6-23/h1-3,5-14,18,27H,4,15-16H2/b20-18+. The van der Waals surface area contributed by atoms with E-state index in [9.17, 15) is 9.65 Å². The molecule has 0 aliphatic rings. The lowest BCUT2D eigenvalue weighted by Crippen LogP contribution is -1.98. The number of hydrogen-bond acceptors (Lipinski definition) is 4. The summed E-state index contributed by atoms with van der Waals surface area (Å²) in [5.41, 5.74) is 2.09. The summed E-state index contributed by atoms with van der Waals surface area (Å²) in [5.74, 6) is 2.16. The second-order valence-corrected chi connectivity index (χ2v) is 6.17. The first-order valence-corrected chi connectivity index (χ1v) is 9.27. The molecule has 3 aromatic carbocycles. The fourth-order valence-corrected chi connectivity index (χ4v) is 2.55. The molecule has 29 heavy (non-hydrogen) atoms. The van der Waals surface area contributed by atoms with Crippen LogP contribution in [0.5, 0.6) is 17.2 Å². The van der Waals surface area contributed by atoms with Crippen LogP contribution in [0.2, 0.25) is 0 Å². The number of allylic oxidation sites excluding steroid dienone is 1. The molecule has 0 aliphatic carbocycles. The summed E-state index contributed by atoms with van der Waals surface area (Å²) in [7, 11) is 0. The van der Waals surface area contributed by atoms with Gasteiger partial charge in [-0.2, -0.15) is 5.26 Å². The topological polar surface area (TPSA) is 54.3 Å². The molecule has 0 unspecified atom stereocenters. The first kappa shape index (κ1) is 20.0. The molecule has 5 heteroatoms. The minimum absolute atomic E-state index is 0.336. The van der Waals surface area contributed by atoms with Crippen molar-refractivity contribution in [2.24, 2.45) is 0 Å². The maximum absolute atomic E-state index is 12.1. The number of nitrogens with one attached hydrogen (secondary N) is 1. The number of nitrogens with zero attached hydrogens (tertiary/aromatic N) is 1. The Balaban J connectivity index is 1.60. The van der Waals surface area contributed by atoms with Crippen LogP contribution >= 0.6 is 0 Å². The molecule has 1 N–H and O–H groups in total. The first-order valence-electron chi connectivity index (χ1n) is 9.27. The molecule has 0 atom stereocenters. The van der Waals surface area contributed by atoms with Crippen molar-refractivity contribution >= 4 is 11.3 Å². The maximum atomic E-state index is 12.1. The van der Waals surface area contributed by atoms with Gasteiger partial charge in [0, 0.05) is 18.3 Å². The molecule has 0 heterocycles. The summed E-state index contributed by atoms with van der Waals surface area (Å²) < 4.78 is 23.3. The van der Waals surface area contributed by atoms with E-state index in [0.29, 0.717) is 24.4 Å². The molecular weight excluding hydrogens is 367 g/mol. The highest BCUT2D eigenvalue weighted by molar-refractivity contribution is 5.78. The van der Waals surface area contributed by atoms with Crippen LogP contribution in [0.15, 0.2) is 85.1 Å². The molecule has 0 bridgehead atoms. The third-order valence-corrected chi connectivity index (χ3v) is 4.05. The zero-order valence-corrected chi connectivity index (χ0v) is 15.8. The highest BCUT2D eigenvalue weighted by Crippen LogP contribution is 2.23. The highest BCUT2D eigenvalue weighted by Gasteiger charge is 2.02. The lowest BCUT2D eigenvalue weighted by atomic mass is 10.1. The molecule has 3 aromatic rings. The van der Waals surface area contributed by atoms with Crippen molar-refractivity contribution in [2.45, 2.75) is 6.42 Å². The van der Waals surface area contributed by atoms with Crippen LogP contribution in [-0.4, -0.2) is 13.3 Å². The monoisotopic (exact) mass is 388 g/mol. The van der Waals surface area contributed by atoms with Gasteiger partial charge in [-0.05, 0) is 66.2 Å². The maximum Gasteiger partial charge on any atom is 0.127 e. The molecule has 4 nitrogen and oxygen atoms in total. The number of para-hydroxylation sites is 1. The average Bonchev–Trinajstić information content (AvgIpc) is 2.77. The van der Waals surface area contributed by atoms with E-state index in [0.717, 1.165) is 22.7 Å². The number of benzene rings is 3. The highest BCUT2D eigenvalue weighted by atomic mass is 19.1. The Morgan fingerprint density at radius 1 is 0.897 bits per heavy atom. The van der Waals surface area contributed by atoms with Crippen LogP contribution in [0.25, 0.3) is 5.57 Å². The Labute approximate surface area is 169 Å². The number of rotatable bonds is 9. The molecule has 0 saturated heterocycles. The molecule has 0 aliphatic heterocycles. The summed E-state index contributed by atoms with van der Waals surface area (Å²) in [6.45, 7) is -0.0627. The van der Waals surface area contributed by atoms with Crippen molar-refractivity contribution in [3.8, 4) is 23.3 Å². The van der Waals surface area contributed by atoms with E-state index in [1.807, 2.05) is 54.6 Å². The Hall–Kier alpha value is -3.78. The second-order valence-electron chi connectivity index (χ2n) is 6.17. The van der Waals surface area contributed by atoms with Gasteiger partial charge in [-0.3, -0.25) is 4.39 Å². The second kappa shape index (κ2) is 10.5. The Bertz CT molecular complexity index is 963. The van der Waals surface area contributed by atoms with Crippen molar-refractivity contribution in [1.82, 2.24) is 0 Å². The van der Waals surface area contributed by atoms with Gasteiger partial charge in [0.25, 0.3) is 0 Å². The molecule has 0 spiro atoms. The fourth-order valence-electron chi connectivity index (χ4n) is 2.55. The number of nitriles is 1. The summed E-state index contributed by atoms with van der Waals surface area (Å²) in [5, 5.41) is 12.6. The Morgan fingerprint density at radius 2 is 1.55 bits per heavy atom. The molecule has 0 radical (unpaired) electrons. The summed E-state index contributed by atoms with van der Waals surface area (Å²) in [6.07, 6.45) is 2.02. The van der Waals surface area contributed by atoms with E-state index in [4.69, 9.17) is 9.47 Å². The van der Waals surface area contributed by atoms with Gasteiger partial charge in [-0.15, -0.1) is 0 Å². The summed E-state index contributed by atoms with van der Waals surface area (Å²) in [4.78, 5) is 0. The van der Waals surface area contributed by atoms with E-state index in [2.05, 4.69) is 11.4 Å². The summed E-state index contributed by atoms with van der Waals surface area (Å²) in [6, 6.07) is 26.4. The zero-order valence-electron chi connectivity index (χ0n) is 15.8. The predicted molar refractivity (Wildman–Crippen MR) is 113 cm³/mol. The van der Waals surface area contributed by atoms with Gasteiger partial charge in [-0.1, -0.05) is 18.2 Å². The van der Waals surface area contributed by atoms with Gasteiger partial charge in [0.1, 0.15) is 23.3 Å². The van der Waals surface area contributed by atoms with Crippen LogP contribution < -0.4 is 14.8 Å². The molecule has 0 amide bonds. The average molecular weight is 388 g/mol. The smallest absolute Gasteiger partial charge is 0.127 e. The minimum atomic E-state index is -0.398. The van der Waals surface area contributed by atoms with Crippen molar-refractivity contribution < 1.29 is 13.9 Å². The molecule has 0 fully saturated rings. The van der Waals surface area contributed by atoms with Gasteiger partial charge in [0.2, 0.25) is 0 Å². The lowest BCUT2D eigenvalue weighted by molar-refractivity contribution is 0.289. The molecule has 0 saturated carbocycles. The van der Waals surface area contributed by atoms with Crippen molar-refractivity contribution in [3.63, 3.8) is 0 Å². The van der Waals surface area contributed by atoms with Gasteiger partial charge in [0.15, 0.2) is 0 Å². The predicted octanol–water partition coefficient (Wildman–Crippen LogP) is 6.19. The van der Waals surface area contributed by atoms with Crippen LogP contribution in [0.3, 0.4) is 0 Å². The van der Waals surface area contributed by atoms with Gasteiger partial charge in [-0.25, -0.2) is 0 Å². The van der Waals surface area contributed by atoms with E-state index in [1.165, 1.54) is 0 Å². The normalized spacial score (nSPS) is 10.8. The third-order valence-electron chi connectivity index (χ3n) is 4.05. The molecular formula is C24H21FN2O2. The van der Waals surface area contributed by atoms with Crippen molar-refractivity contribution in [2.75, 3.05) is 18.6 Å². The SMILES string of the molecule is N#C/C(=C\Nc1ccc(Oc2ccccc2)cc1)c1ccc(OCCCF)cc1. The van der Waals surface area contributed by atoms with E-state index in [1.54, 1.807) is 30.5 Å². The largest absolute Gasteiger partial charge is 0.493 e. The fraction of sp³-hybridized carbons (Fsp3) is 0.125. The third kappa shape index (κ3) is 6.12. The van der Waals surface area contributed by atoms with E-state index in [-0.39, 0.29) is 0 Å². The van der Waals surface area contributed by atoms with E-state index >= 15 is 0 Å². The molecule has 3 rings (SSSR count). The number of hydrogen-bond donors (Lipinski definition) is 1. The number of anilines is 1. The lowest BCUT2D eigenvalue weighted by Gasteiger charge is -2.08. The zero-order chi connectivity index (χ0) is 20.3. The Morgan fingerprint density at radius 3 is 2.21 bits per heavy atom. The quantitative estimate of drug-likeness (QED) is 0.351. The van der Waals surface area contributed by atoms with Crippen molar-refractivity contribution in [3.05, 3.63) is 90.6 Å². The summed E-state index contributed by atoms with van der Waals surface area (Å²) >= 11 is 0. The first-order chi connectivity index (χ1) is 14.3. The van der Waals surface area contributed by atoms with Gasteiger partial charge >= 0.3 is 0 Å².